The third-order valence-electron chi connectivity index (χ3n) is 2.45. The zero-order chi connectivity index (χ0) is 13.4. The molecule has 1 heterocycles. The third kappa shape index (κ3) is 5.09. The molecule has 0 saturated carbocycles. The molecule has 0 bridgehead atoms. The fourth-order valence-corrected chi connectivity index (χ4v) is 1.55. The normalized spacial score (nSPS) is 18.1. The Kier molecular flexibility index (Phi) is 6.07. The van der Waals surface area contributed by atoms with Gasteiger partial charge in [-0.15, -0.1) is 0 Å². The van der Waals surface area contributed by atoms with Gasteiger partial charge >= 0.3 is 17.9 Å². The van der Waals surface area contributed by atoms with E-state index in [0.29, 0.717) is 6.42 Å². The molecule has 0 aromatic heterocycles. The number of ether oxygens (including phenoxy) is 2. The molecule has 6 nitrogen and oxygen atoms in total. The van der Waals surface area contributed by atoms with Crippen molar-refractivity contribution < 1.29 is 23.9 Å². The van der Waals surface area contributed by atoms with Crippen LogP contribution in [0.2, 0.25) is 0 Å². The molecule has 0 aromatic carbocycles. The quantitative estimate of drug-likeness (QED) is 0.418. The summed E-state index contributed by atoms with van der Waals surface area (Å²) < 4.78 is 9.31. The van der Waals surface area contributed by atoms with Gasteiger partial charge in [-0.05, 0) is 19.4 Å². The first-order valence-electron chi connectivity index (χ1n) is 5.88. The van der Waals surface area contributed by atoms with E-state index in [2.05, 4.69) is 21.4 Å². The fraction of sp³-hybridized carbons (Fsp3) is 0.583. The van der Waals surface area contributed by atoms with Crippen molar-refractivity contribution in [1.29, 1.82) is 0 Å². The predicted octanol–water partition coefficient (Wildman–Crippen LogP) is 0.318. The molecule has 18 heavy (non-hydrogen) atoms. The van der Waals surface area contributed by atoms with Crippen molar-refractivity contribution in [3.05, 3.63) is 12.7 Å². The van der Waals surface area contributed by atoms with E-state index in [4.69, 9.17) is 0 Å². The van der Waals surface area contributed by atoms with Gasteiger partial charge in [-0.2, -0.15) is 0 Å². The van der Waals surface area contributed by atoms with Crippen LogP contribution >= 0.6 is 0 Å². The molecule has 6 heteroatoms. The zero-order valence-corrected chi connectivity index (χ0v) is 10.1. The van der Waals surface area contributed by atoms with Gasteiger partial charge in [0.2, 0.25) is 0 Å². The maximum Gasteiger partial charge on any atom is 0.330 e. The van der Waals surface area contributed by atoms with Crippen molar-refractivity contribution in [2.75, 3.05) is 13.2 Å². The van der Waals surface area contributed by atoms with Crippen molar-refractivity contribution in [2.24, 2.45) is 0 Å². The molecule has 0 amide bonds. The van der Waals surface area contributed by atoms with Crippen molar-refractivity contribution >= 4 is 17.9 Å². The Morgan fingerprint density at radius 1 is 1.28 bits per heavy atom. The van der Waals surface area contributed by atoms with E-state index in [1.807, 2.05) is 0 Å². The minimum absolute atomic E-state index is 0.0992. The van der Waals surface area contributed by atoms with E-state index in [-0.39, 0.29) is 19.4 Å². The number of hydrogen-bond donors (Lipinski definition) is 1. The van der Waals surface area contributed by atoms with E-state index in [1.54, 1.807) is 0 Å². The van der Waals surface area contributed by atoms with Gasteiger partial charge in [0.15, 0.2) is 0 Å². The number of nitrogens with one attached hydrogen (secondary N) is 1. The van der Waals surface area contributed by atoms with Crippen molar-refractivity contribution in [2.45, 2.75) is 31.7 Å². The largest absolute Gasteiger partial charge is 0.461 e. The maximum atomic E-state index is 11.4. The Morgan fingerprint density at radius 2 is 2.00 bits per heavy atom. The van der Waals surface area contributed by atoms with Gasteiger partial charge in [-0.25, -0.2) is 4.79 Å². The average Bonchev–Trinajstić information content (AvgIpc) is 2.87. The van der Waals surface area contributed by atoms with Crippen LogP contribution in [0.25, 0.3) is 0 Å². The van der Waals surface area contributed by atoms with Crippen LogP contribution in [0.4, 0.5) is 0 Å². The second-order valence-electron chi connectivity index (χ2n) is 3.91. The Bertz CT molecular complexity index is 333. The van der Waals surface area contributed by atoms with Crippen LogP contribution in [-0.4, -0.2) is 37.1 Å². The van der Waals surface area contributed by atoms with E-state index < -0.39 is 23.9 Å². The standard InChI is InChI=1S/C12H17NO5/c1-2-8-17-10(14)5-6-11(15)18-12(16)9-4-3-7-13-9/h2,9,13H,1,3-8H2. The minimum atomic E-state index is -0.704. The molecule has 0 aromatic rings. The molecule has 0 aliphatic carbocycles. The molecule has 0 radical (unpaired) electrons. The highest BCUT2D eigenvalue weighted by Gasteiger charge is 2.25. The molecule has 1 N–H and O–H groups in total. The van der Waals surface area contributed by atoms with Crippen molar-refractivity contribution in [3.8, 4) is 0 Å². The molecule has 1 aliphatic heterocycles. The summed E-state index contributed by atoms with van der Waals surface area (Å²) in [6, 6.07) is -0.401. The summed E-state index contributed by atoms with van der Waals surface area (Å²) in [7, 11) is 0. The first kappa shape index (κ1) is 14.4. The first-order valence-corrected chi connectivity index (χ1v) is 5.88. The second kappa shape index (κ2) is 7.60. The van der Waals surface area contributed by atoms with Crippen LogP contribution in [0.1, 0.15) is 25.7 Å². The van der Waals surface area contributed by atoms with Crippen LogP contribution in [0.3, 0.4) is 0 Å². The van der Waals surface area contributed by atoms with Gasteiger partial charge in [0.25, 0.3) is 0 Å². The van der Waals surface area contributed by atoms with E-state index in [1.165, 1.54) is 6.08 Å². The van der Waals surface area contributed by atoms with Crippen LogP contribution < -0.4 is 5.32 Å². The Labute approximate surface area is 105 Å². The molecule has 0 spiro atoms. The fourth-order valence-electron chi connectivity index (χ4n) is 1.55. The minimum Gasteiger partial charge on any atom is -0.461 e. The van der Waals surface area contributed by atoms with Crippen LogP contribution in [0.5, 0.6) is 0 Å². The van der Waals surface area contributed by atoms with Gasteiger partial charge in [0, 0.05) is 0 Å². The number of hydrogen-bond acceptors (Lipinski definition) is 6. The second-order valence-corrected chi connectivity index (χ2v) is 3.91. The summed E-state index contributed by atoms with van der Waals surface area (Å²) in [4.78, 5) is 33.8. The van der Waals surface area contributed by atoms with Crippen LogP contribution in [0.15, 0.2) is 12.7 Å². The Balaban J connectivity index is 2.18. The lowest BCUT2D eigenvalue weighted by Crippen LogP contribution is -2.33. The van der Waals surface area contributed by atoms with Gasteiger partial charge in [0.05, 0.1) is 12.8 Å². The number of carbonyl (C=O) groups is 3. The summed E-state index contributed by atoms with van der Waals surface area (Å²) in [5.41, 5.74) is 0. The van der Waals surface area contributed by atoms with E-state index in [0.717, 1.165) is 13.0 Å². The van der Waals surface area contributed by atoms with Crippen molar-refractivity contribution in [3.63, 3.8) is 0 Å². The number of carbonyl (C=O) groups excluding carboxylic acids is 3. The highest BCUT2D eigenvalue weighted by atomic mass is 16.6. The summed E-state index contributed by atoms with van der Waals surface area (Å²) >= 11 is 0. The van der Waals surface area contributed by atoms with Crippen LogP contribution in [0, 0.1) is 0 Å². The smallest absolute Gasteiger partial charge is 0.330 e. The summed E-state index contributed by atoms with van der Waals surface area (Å²) in [6.45, 7) is 4.25. The topological polar surface area (TPSA) is 81.7 Å². The van der Waals surface area contributed by atoms with E-state index >= 15 is 0 Å². The Morgan fingerprint density at radius 3 is 2.61 bits per heavy atom. The van der Waals surface area contributed by atoms with Gasteiger partial charge in [-0.3, -0.25) is 9.59 Å². The molecular weight excluding hydrogens is 238 g/mol. The maximum absolute atomic E-state index is 11.4. The van der Waals surface area contributed by atoms with Crippen molar-refractivity contribution in [1.82, 2.24) is 5.32 Å². The van der Waals surface area contributed by atoms with E-state index in [9.17, 15) is 14.4 Å². The summed E-state index contributed by atoms with van der Waals surface area (Å²) in [6.07, 6.45) is 2.74. The lowest BCUT2D eigenvalue weighted by molar-refractivity contribution is -0.162. The highest BCUT2D eigenvalue weighted by Crippen LogP contribution is 2.07. The monoisotopic (exact) mass is 255 g/mol. The molecule has 1 aliphatic rings. The van der Waals surface area contributed by atoms with Crippen LogP contribution in [-0.2, 0) is 23.9 Å². The Hall–Kier alpha value is -1.69. The lowest BCUT2D eigenvalue weighted by atomic mass is 10.2. The highest BCUT2D eigenvalue weighted by molar-refractivity contribution is 5.89. The summed E-state index contributed by atoms with van der Waals surface area (Å²) in [5.74, 6) is -1.79. The molecule has 1 rings (SSSR count). The van der Waals surface area contributed by atoms with Gasteiger partial charge in [0.1, 0.15) is 12.6 Å². The SMILES string of the molecule is C=CCOC(=O)CCC(=O)OC(=O)C1CCCN1. The third-order valence-corrected chi connectivity index (χ3v) is 2.45. The summed E-state index contributed by atoms with van der Waals surface area (Å²) in [5, 5.41) is 2.93. The molecule has 1 fully saturated rings. The molecule has 1 saturated heterocycles. The predicted molar refractivity (Wildman–Crippen MR) is 62.5 cm³/mol. The van der Waals surface area contributed by atoms with Gasteiger partial charge in [-0.1, -0.05) is 12.7 Å². The number of rotatable bonds is 6. The lowest BCUT2D eigenvalue weighted by Gasteiger charge is -2.08. The zero-order valence-electron chi connectivity index (χ0n) is 10.1. The molecule has 1 unspecified atom stereocenters. The first-order chi connectivity index (χ1) is 8.63. The number of esters is 3. The molecule has 100 valence electrons. The van der Waals surface area contributed by atoms with Gasteiger partial charge < -0.3 is 14.8 Å². The molecule has 1 atom stereocenters. The molecular formula is C12H17NO5. The average molecular weight is 255 g/mol.